The van der Waals surface area contributed by atoms with E-state index in [9.17, 15) is 9.50 Å². The highest BCUT2D eigenvalue weighted by molar-refractivity contribution is 5.23. The number of benzene rings is 1. The van der Waals surface area contributed by atoms with E-state index >= 15 is 0 Å². The Morgan fingerprint density at radius 1 is 1.35 bits per heavy atom. The zero-order chi connectivity index (χ0) is 12.5. The van der Waals surface area contributed by atoms with Gasteiger partial charge < -0.3 is 5.11 Å². The highest BCUT2D eigenvalue weighted by Crippen LogP contribution is 2.24. The molecule has 4 nitrogen and oxygen atoms in total. The standard InChI is InChI=1S/C12H14FN3O/c1-12(17,7-11-8-16(2)15-14-11)9-3-5-10(13)6-4-9/h3-6,8,17H,7H2,1-2H3. The Labute approximate surface area is 98.7 Å². The molecule has 1 aromatic heterocycles. The highest BCUT2D eigenvalue weighted by Gasteiger charge is 2.24. The molecule has 0 saturated heterocycles. The van der Waals surface area contributed by atoms with Gasteiger partial charge in [-0.05, 0) is 24.6 Å². The zero-order valence-electron chi connectivity index (χ0n) is 9.76. The second kappa shape index (κ2) is 4.25. The molecular weight excluding hydrogens is 221 g/mol. The summed E-state index contributed by atoms with van der Waals surface area (Å²) >= 11 is 0. The summed E-state index contributed by atoms with van der Waals surface area (Å²) in [5.41, 5.74) is 0.273. The molecule has 0 spiro atoms. The van der Waals surface area contributed by atoms with Crippen molar-refractivity contribution in [2.45, 2.75) is 18.9 Å². The van der Waals surface area contributed by atoms with Gasteiger partial charge in [0.2, 0.25) is 0 Å². The normalized spacial score (nSPS) is 14.6. The maximum absolute atomic E-state index is 12.8. The van der Waals surface area contributed by atoms with Crippen molar-refractivity contribution in [2.24, 2.45) is 7.05 Å². The number of aliphatic hydroxyl groups is 1. The second-order valence-electron chi connectivity index (χ2n) is 4.34. The van der Waals surface area contributed by atoms with Crippen molar-refractivity contribution in [3.8, 4) is 0 Å². The van der Waals surface area contributed by atoms with Crippen LogP contribution in [0.15, 0.2) is 30.5 Å². The summed E-state index contributed by atoms with van der Waals surface area (Å²) in [6.45, 7) is 1.68. The summed E-state index contributed by atoms with van der Waals surface area (Å²) in [5.74, 6) is -0.316. The molecule has 0 fully saturated rings. The molecule has 0 amide bonds. The number of halogens is 1. The van der Waals surface area contributed by atoms with Crippen molar-refractivity contribution < 1.29 is 9.50 Å². The van der Waals surface area contributed by atoms with Gasteiger partial charge in [0.25, 0.3) is 0 Å². The molecule has 0 aliphatic carbocycles. The summed E-state index contributed by atoms with van der Waals surface area (Å²) in [6.07, 6.45) is 2.09. The largest absolute Gasteiger partial charge is 0.385 e. The first-order valence-corrected chi connectivity index (χ1v) is 5.31. The minimum Gasteiger partial charge on any atom is -0.385 e. The van der Waals surface area contributed by atoms with Gasteiger partial charge in [0.05, 0.1) is 11.3 Å². The Balaban J connectivity index is 2.21. The first kappa shape index (κ1) is 11.7. The van der Waals surface area contributed by atoms with Crippen molar-refractivity contribution in [1.82, 2.24) is 15.0 Å². The van der Waals surface area contributed by atoms with Crippen LogP contribution in [0.4, 0.5) is 4.39 Å². The lowest BCUT2D eigenvalue weighted by molar-refractivity contribution is 0.0565. The maximum atomic E-state index is 12.8. The van der Waals surface area contributed by atoms with Gasteiger partial charge in [0.1, 0.15) is 5.82 Å². The Kier molecular flexibility index (Phi) is 2.93. The minimum atomic E-state index is -1.08. The molecule has 1 heterocycles. The van der Waals surface area contributed by atoms with Crippen LogP contribution in [0.2, 0.25) is 0 Å². The van der Waals surface area contributed by atoms with Crippen LogP contribution in [-0.2, 0) is 19.1 Å². The molecule has 1 N–H and O–H groups in total. The first-order valence-electron chi connectivity index (χ1n) is 5.31. The number of hydrogen-bond donors (Lipinski definition) is 1. The Hall–Kier alpha value is -1.75. The molecule has 1 atom stereocenters. The Morgan fingerprint density at radius 2 is 2.00 bits per heavy atom. The molecule has 1 aromatic carbocycles. The van der Waals surface area contributed by atoms with E-state index in [1.54, 1.807) is 37.0 Å². The fraction of sp³-hybridized carbons (Fsp3) is 0.333. The molecule has 1 unspecified atom stereocenters. The highest BCUT2D eigenvalue weighted by atomic mass is 19.1. The van der Waals surface area contributed by atoms with E-state index in [0.29, 0.717) is 17.7 Å². The maximum Gasteiger partial charge on any atom is 0.123 e. The van der Waals surface area contributed by atoms with E-state index < -0.39 is 5.60 Å². The van der Waals surface area contributed by atoms with Crippen molar-refractivity contribution in [3.63, 3.8) is 0 Å². The van der Waals surface area contributed by atoms with Crippen LogP contribution in [0.25, 0.3) is 0 Å². The number of hydrogen-bond acceptors (Lipinski definition) is 3. The number of aromatic nitrogens is 3. The molecule has 5 heteroatoms. The molecule has 0 aliphatic rings. The fourth-order valence-corrected chi connectivity index (χ4v) is 1.74. The molecule has 2 rings (SSSR count). The van der Waals surface area contributed by atoms with Gasteiger partial charge >= 0.3 is 0 Å². The van der Waals surface area contributed by atoms with Gasteiger partial charge in [0.15, 0.2) is 0 Å². The first-order chi connectivity index (χ1) is 7.97. The average molecular weight is 235 g/mol. The van der Waals surface area contributed by atoms with Crippen molar-refractivity contribution in [2.75, 3.05) is 0 Å². The lowest BCUT2D eigenvalue weighted by Crippen LogP contribution is -2.24. The van der Waals surface area contributed by atoms with Gasteiger partial charge in [-0.3, -0.25) is 4.68 Å². The van der Waals surface area contributed by atoms with E-state index in [2.05, 4.69) is 10.3 Å². The molecule has 17 heavy (non-hydrogen) atoms. The van der Waals surface area contributed by atoms with Gasteiger partial charge in [-0.15, -0.1) is 5.10 Å². The number of aryl methyl sites for hydroxylation is 1. The third-order valence-corrected chi connectivity index (χ3v) is 2.64. The van der Waals surface area contributed by atoms with E-state index in [4.69, 9.17) is 0 Å². The predicted molar refractivity (Wildman–Crippen MR) is 60.7 cm³/mol. The number of nitrogens with zero attached hydrogens (tertiary/aromatic N) is 3. The smallest absolute Gasteiger partial charge is 0.123 e. The summed E-state index contributed by atoms with van der Waals surface area (Å²) < 4.78 is 14.4. The minimum absolute atomic E-state index is 0.316. The van der Waals surface area contributed by atoms with Gasteiger partial charge in [-0.25, -0.2) is 4.39 Å². The van der Waals surface area contributed by atoms with Crippen molar-refractivity contribution in [1.29, 1.82) is 0 Å². The van der Waals surface area contributed by atoms with Crippen molar-refractivity contribution >= 4 is 0 Å². The fourth-order valence-electron chi connectivity index (χ4n) is 1.74. The van der Waals surface area contributed by atoms with Crippen molar-refractivity contribution in [3.05, 3.63) is 47.5 Å². The lowest BCUT2D eigenvalue weighted by Gasteiger charge is -2.22. The summed E-state index contributed by atoms with van der Waals surface area (Å²) in [5, 5.41) is 18.1. The van der Waals surface area contributed by atoms with Gasteiger partial charge in [-0.1, -0.05) is 17.3 Å². The summed E-state index contributed by atoms with van der Waals surface area (Å²) in [6, 6.07) is 5.82. The zero-order valence-corrected chi connectivity index (χ0v) is 9.76. The molecular formula is C12H14FN3O. The van der Waals surface area contributed by atoms with Crippen LogP contribution in [0.3, 0.4) is 0 Å². The monoisotopic (exact) mass is 235 g/mol. The van der Waals surface area contributed by atoms with Crippen LogP contribution in [0.5, 0.6) is 0 Å². The van der Waals surface area contributed by atoms with Gasteiger partial charge in [0, 0.05) is 19.7 Å². The quantitative estimate of drug-likeness (QED) is 0.875. The molecule has 0 saturated carbocycles. The summed E-state index contributed by atoms with van der Waals surface area (Å²) in [4.78, 5) is 0. The lowest BCUT2D eigenvalue weighted by atomic mass is 9.91. The topological polar surface area (TPSA) is 50.9 Å². The molecule has 0 bridgehead atoms. The summed E-state index contributed by atoms with van der Waals surface area (Å²) in [7, 11) is 1.77. The van der Waals surface area contributed by atoms with Crippen LogP contribution < -0.4 is 0 Å². The third kappa shape index (κ3) is 2.68. The Bertz CT molecular complexity index is 505. The van der Waals surface area contributed by atoms with Crippen LogP contribution in [0.1, 0.15) is 18.2 Å². The number of rotatable bonds is 3. The molecule has 0 aliphatic heterocycles. The van der Waals surface area contributed by atoms with E-state index in [1.165, 1.54) is 12.1 Å². The third-order valence-electron chi connectivity index (χ3n) is 2.64. The van der Waals surface area contributed by atoms with E-state index in [-0.39, 0.29) is 5.82 Å². The predicted octanol–water partition coefficient (Wildman–Crippen LogP) is 1.40. The SMILES string of the molecule is Cn1cc(CC(C)(O)c2ccc(F)cc2)nn1. The average Bonchev–Trinajstić information content (AvgIpc) is 2.63. The molecule has 2 aromatic rings. The molecule has 90 valence electrons. The Morgan fingerprint density at radius 3 is 2.53 bits per heavy atom. The van der Waals surface area contributed by atoms with E-state index in [0.717, 1.165) is 0 Å². The van der Waals surface area contributed by atoms with Crippen LogP contribution in [-0.4, -0.2) is 20.1 Å². The second-order valence-corrected chi connectivity index (χ2v) is 4.34. The molecule has 0 radical (unpaired) electrons. The van der Waals surface area contributed by atoms with Crippen LogP contribution >= 0.6 is 0 Å². The van der Waals surface area contributed by atoms with E-state index in [1.807, 2.05) is 0 Å². The van der Waals surface area contributed by atoms with Gasteiger partial charge in [-0.2, -0.15) is 0 Å². The van der Waals surface area contributed by atoms with Crippen LogP contribution in [0, 0.1) is 5.82 Å².